The van der Waals surface area contributed by atoms with Crippen LogP contribution in [0.5, 0.6) is 0 Å². The normalized spacial score (nSPS) is 9.83. The summed E-state index contributed by atoms with van der Waals surface area (Å²) >= 11 is 0. The lowest BCUT2D eigenvalue weighted by Crippen LogP contribution is -1.88. The summed E-state index contributed by atoms with van der Waals surface area (Å²) in [7, 11) is 2.07. The topological polar surface area (TPSA) is 17.8 Å². The first-order valence-corrected chi connectivity index (χ1v) is 3.65. The predicted octanol–water partition coefficient (Wildman–Crippen LogP) is 2.30. The van der Waals surface area contributed by atoms with Gasteiger partial charge in [0.25, 0.3) is 0 Å². The Labute approximate surface area is 77.6 Å². The van der Waals surface area contributed by atoms with Gasteiger partial charge in [-0.25, -0.2) is 0 Å². The minimum atomic E-state index is 0. The minimum absolute atomic E-state index is 0. The zero-order chi connectivity index (χ0) is 7.84. The lowest BCUT2D eigenvalue weighted by molar-refractivity contribution is 0.917. The van der Waals surface area contributed by atoms with Crippen LogP contribution >= 0.6 is 12.4 Å². The molecule has 0 aromatic carbocycles. The van der Waals surface area contributed by atoms with Crippen molar-refractivity contribution in [3.05, 3.63) is 30.2 Å². The van der Waals surface area contributed by atoms with Crippen LogP contribution in [0.25, 0.3) is 10.9 Å². The summed E-state index contributed by atoms with van der Waals surface area (Å²) in [4.78, 5) is 4.05. The fraction of sp³-hybridized carbons (Fsp3) is 0.222. The maximum atomic E-state index is 4.05. The van der Waals surface area contributed by atoms with E-state index in [1.807, 2.05) is 18.5 Å². The van der Waals surface area contributed by atoms with E-state index in [9.17, 15) is 0 Å². The Morgan fingerprint density at radius 3 is 2.83 bits per heavy atom. The highest BCUT2D eigenvalue weighted by molar-refractivity contribution is 5.85. The van der Waals surface area contributed by atoms with Crippen LogP contribution in [0.1, 0.15) is 5.69 Å². The molecule has 2 rings (SSSR count). The Morgan fingerprint density at radius 2 is 2.17 bits per heavy atom. The number of halogens is 1. The third kappa shape index (κ3) is 1.18. The summed E-state index contributed by atoms with van der Waals surface area (Å²) in [6, 6.07) is 4.17. The van der Waals surface area contributed by atoms with Gasteiger partial charge in [-0.15, -0.1) is 12.4 Å². The van der Waals surface area contributed by atoms with Gasteiger partial charge < -0.3 is 4.57 Å². The van der Waals surface area contributed by atoms with Crippen LogP contribution in [0.15, 0.2) is 24.5 Å². The number of hydrogen-bond donors (Lipinski definition) is 0. The van der Waals surface area contributed by atoms with Crippen molar-refractivity contribution in [1.29, 1.82) is 0 Å². The predicted molar refractivity (Wildman–Crippen MR) is 52.7 cm³/mol. The summed E-state index contributed by atoms with van der Waals surface area (Å²) in [6.45, 7) is 2.10. The molecule has 0 fully saturated rings. The third-order valence-corrected chi connectivity index (χ3v) is 2.08. The second-order valence-corrected chi connectivity index (χ2v) is 2.78. The van der Waals surface area contributed by atoms with Crippen LogP contribution in [0, 0.1) is 6.92 Å². The van der Waals surface area contributed by atoms with Crippen LogP contribution < -0.4 is 0 Å². The SMILES string of the molecule is Cc1cc2cnccc2n1C.Cl. The first-order chi connectivity index (χ1) is 5.29. The summed E-state index contributed by atoms with van der Waals surface area (Å²) in [6.07, 6.45) is 3.71. The average molecular weight is 183 g/mol. The number of fused-ring (bicyclic) bond motifs is 1. The van der Waals surface area contributed by atoms with E-state index in [2.05, 4.69) is 29.6 Å². The lowest BCUT2D eigenvalue weighted by atomic mass is 10.3. The molecule has 64 valence electrons. The molecule has 0 atom stereocenters. The van der Waals surface area contributed by atoms with Gasteiger partial charge in [0, 0.05) is 30.5 Å². The number of aromatic nitrogens is 2. The van der Waals surface area contributed by atoms with E-state index >= 15 is 0 Å². The Kier molecular flexibility index (Phi) is 2.38. The van der Waals surface area contributed by atoms with E-state index in [0.29, 0.717) is 0 Å². The lowest BCUT2D eigenvalue weighted by Gasteiger charge is -1.96. The number of nitrogens with zero attached hydrogens (tertiary/aromatic N) is 2. The van der Waals surface area contributed by atoms with E-state index < -0.39 is 0 Å². The standard InChI is InChI=1S/C9H10N2.ClH/c1-7-5-8-6-10-4-3-9(8)11(7)2;/h3-6H,1-2H3;1H. The highest BCUT2D eigenvalue weighted by Gasteiger charge is 1.99. The smallest absolute Gasteiger partial charge is 0.0510 e. The van der Waals surface area contributed by atoms with Gasteiger partial charge in [0.15, 0.2) is 0 Å². The number of pyridine rings is 1. The first kappa shape index (κ1) is 9.07. The summed E-state index contributed by atoms with van der Waals surface area (Å²) in [5.41, 5.74) is 2.52. The second kappa shape index (κ2) is 3.15. The number of hydrogen-bond acceptors (Lipinski definition) is 1. The van der Waals surface area contributed by atoms with Crippen molar-refractivity contribution >= 4 is 23.3 Å². The highest BCUT2D eigenvalue weighted by Crippen LogP contribution is 2.15. The van der Waals surface area contributed by atoms with Gasteiger partial charge in [0.05, 0.1) is 5.52 Å². The largest absolute Gasteiger partial charge is 0.348 e. The van der Waals surface area contributed by atoms with Crippen LogP contribution in [-0.4, -0.2) is 9.55 Å². The molecular formula is C9H11ClN2. The molecule has 0 aliphatic carbocycles. The molecule has 0 unspecified atom stereocenters. The first-order valence-electron chi connectivity index (χ1n) is 3.65. The monoisotopic (exact) mass is 182 g/mol. The molecule has 0 bridgehead atoms. The molecule has 3 heteroatoms. The molecule has 0 saturated heterocycles. The van der Waals surface area contributed by atoms with Gasteiger partial charge in [0.2, 0.25) is 0 Å². The molecule has 0 amide bonds. The maximum Gasteiger partial charge on any atom is 0.0510 e. The summed E-state index contributed by atoms with van der Waals surface area (Å²) in [5.74, 6) is 0. The van der Waals surface area contributed by atoms with Crippen molar-refractivity contribution in [2.45, 2.75) is 6.92 Å². The van der Waals surface area contributed by atoms with E-state index in [-0.39, 0.29) is 12.4 Å². The van der Waals surface area contributed by atoms with Crippen LogP contribution in [0.3, 0.4) is 0 Å². The van der Waals surface area contributed by atoms with Crippen LogP contribution in [0.2, 0.25) is 0 Å². The quantitative estimate of drug-likeness (QED) is 0.612. The molecule has 2 aromatic heterocycles. The molecule has 0 aliphatic rings. The molecule has 2 heterocycles. The highest BCUT2D eigenvalue weighted by atomic mass is 35.5. The molecule has 0 N–H and O–H groups in total. The van der Waals surface area contributed by atoms with Gasteiger partial charge in [-0.05, 0) is 19.1 Å². The Morgan fingerprint density at radius 1 is 1.42 bits per heavy atom. The summed E-state index contributed by atoms with van der Waals surface area (Å²) in [5, 5.41) is 1.22. The van der Waals surface area contributed by atoms with E-state index in [4.69, 9.17) is 0 Å². The summed E-state index contributed by atoms with van der Waals surface area (Å²) < 4.78 is 2.16. The fourth-order valence-corrected chi connectivity index (χ4v) is 1.33. The van der Waals surface area contributed by atoms with Crippen molar-refractivity contribution in [2.75, 3.05) is 0 Å². The van der Waals surface area contributed by atoms with Gasteiger partial charge in [0.1, 0.15) is 0 Å². The van der Waals surface area contributed by atoms with Crippen molar-refractivity contribution in [1.82, 2.24) is 9.55 Å². The Balaban J connectivity index is 0.000000720. The Hall–Kier alpha value is -1.02. The van der Waals surface area contributed by atoms with Crippen molar-refractivity contribution < 1.29 is 0 Å². The molecule has 0 radical (unpaired) electrons. The second-order valence-electron chi connectivity index (χ2n) is 2.78. The average Bonchev–Trinajstić information content (AvgIpc) is 2.30. The maximum absolute atomic E-state index is 4.05. The molecule has 12 heavy (non-hydrogen) atoms. The van der Waals surface area contributed by atoms with Gasteiger partial charge >= 0.3 is 0 Å². The van der Waals surface area contributed by atoms with Gasteiger partial charge in [-0.3, -0.25) is 4.98 Å². The zero-order valence-electron chi connectivity index (χ0n) is 7.11. The third-order valence-electron chi connectivity index (χ3n) is 2.08. The van der Waals surface area contributed by atoms with E-state index in [0.717, 1.165) is 0 Å². The van der Waals surface area contributed by atoms with E-state index in [1.165, 1.54) is 16.6 Å². The number of rotatable bonds is 0. The molecule has 0 aliphatic heterocycles. The van der Waals surface area contributed by atoms with Crippen LogP contribution in [0.4, 0.5) is 0 Å². The van der Waals surface area contributed by atoms with Crippen molar-refractivity contribution in [3.63, 3.8) is 0 Å². The minimum Gasteiger partial charge on any atom is -0.348 e. The van der Waals surface area contributed by atoms with Gasteiger partial charge in [-0.2, -0.15) is 0 Å². The molecular weight excluding hydrogens is 172 g/mol. The molecule has 2 aromatic rings. The molecule has 0 saturated carbocycles. The zero-order valence-corrected chi connectivity index (χ0v) is 7.93. The van der Waals surface area contributed by atoms with Crippen molar-refractivity contribution in [3.8, 4) is 0 Å². The van der Waals surface area contributed by atoms with Gasteiger partial charge in [-0.1, -0.05) is 0 Å². The van der Waals surface area contributed by atoms with Crippen LogP contribution in [-0.2, 0) is 7.05 Å². The number of aryl methyl sites for hydroxylation is 2. The fourth-order valence-electron chi connectivity index (χ4n) is 1.33. The Bertz CT molecular complexity index is 392. The van der Waals surface area contributed by atoms with E-state index in [1.54, 1.807) is 0 Å². The van der Waals surface area contributed by atoms with Crippen molar-refractivity contribution in [2.24, 2.45) is 7.05 Å². The molecule has 0 spiro atoms. The molecule has 2 nitrogen and oxygen atoms in total.